The van der Waals surface area contributed by atoms with Crippen molar-refractivity contribution in [2.45, 2.75) is 24.9 Å². The van der Waals surface area contributed by atoms with Crippen molar-refractivity contribution in [1.82, 2.24) is 9.80 Å². The van der Waals surface area contributed by atoms with Crippen LogP contribution >= 0.6 is 0 Å². The molecule has 1 amide bonds. The lowest BCUT2D eigenvalue weighted by atomic mass is 9.81. The van der Waals surface area contributed by atoms with Crippen molar-refractivity contribution in [3.05, 3.63) is 48.3 Å². The molecule has 2 aliphatic rings. The summed E-state index contributed by atoms with van der Waals surface area (Å²) in [4.78, 5) is 20.7. The Morgan fingerprint density at radius 1 is 1.24 bits per heavy atom. The van der Waals surface area contributed by atoms with Crippen molar-refractivity contribution in [1.29, 1.82) is 0 Å². The van der Waals surface area contributed by atoms with Gasteiger partial charge in [-0.15, -0.1) is 0 Å². The molecule has 9 heteroatoms. The summed E-state index contributed by atoms with van der Waals surface area (Å²) in [5, 5.41) is 11.3. The van der Waals surface area contributed by atoms with E-state index in [1.54, 1.807) is 26.4 Å². The second kappa shape index (κ2) is 9.66. The summed E-state index contributed by atoms with van der Waals surface area (Å²) in [5.41, 5.74) is 2.57. The number of ether oxygens (including phenoxy) is 2. The minimum absolute atomic E-state index is 0.0879. The molecule has 2 aliphatic heterocycles. The highest BCUT2D eigenvalue weighted by Crippen LogP contribution is 2.51. The van der Waals surface area contributed by atoms with E-state index in [2.05, 4.69) is 35.8 Å². The third-order valence-electron chi connectivity index (χ3n) is 6.17. The first-order chi connectivity index (χ1) is 15.6. The molecule has 0 unspecified atom stereocenters. The molecule has 9 nitrogen and oxygen atoms in total. The zero-order valence-corrected chi connectivity index (χ0v) is 20.4. The van der Waals surface area contributed by atoms with Crippen LogP contribution in [0.4, 0.5) is 10.5 Å². The summed E-state index contributed by atoms with van der Waals surface area (Å²) < 4.78 is 12.0. The van der Waals surface area contributed by atoms with Gasteiger partial charge in [0.15, 0.2) is 11.9 Å². The minimum Gasteiger partial charge on any atom is -0.567 e. The summed E-state index contributed by atoms with van der Waals surface area (Å²) in [6.07, 6.45) is 4.17. The molecule has 2 aromatic rings. The van der Waals surface area contributed by atoms with Crippen molar-refractivity contribution in [2.75, 3.05) is 46.7 Å². The van der Waals surface area contributed by atoms with E-state index < -0.39 is 6.08 Å². The van der Waals surface area contributed by atoms with Crippen LogP contribution < -0.4 is 24.0 Å². The molecule has 0 aliphatic carbocycles. The summed E-state index contributed by atoms with van der Waals surface area (Å²) in [6.45, 7) is 3.37. The molecular weight excluding hydrogens is 422 g/mol. The number of anilines is 1. The van der Waals surface area contributed by atoms with Crippen LogP contribution in [0, 0.1) is 0 Å². The largest absolute Gasteiger partial charge is 0.567 e. The Kier molecular flexibility index (Phi) is 7.12. The predicted molar refractivity (Wildman–Crippen MR) is 125 cm³/mol. The molecule has 1 saturated heterocycles. The van der Waals surface area contributed by atoms with Gasteiger partial charge in [-0.25, -0.2) is 9.36 Å². The standard InChI is InChI=1S/C15H21N3O2.C9H13N2O2/c1-15-7-8-17(3)13(15)18(4)12-6-5-10(9-11(12)15)20-14(19)16-2;1-10(2)9(12)13-8-5-4-6-11(3)7-8/h5-6,9,13H,7-8H2,1-4H3,(H,16,19);4-7H,1-3H3/q;+1/p-1/t13-,15+;/m1./s1. The molecular formula is C24H33N5O4. The number of pyridine rings is 1. The van der Waals surface area contributed by atoms with E-state index in [1.807, 2.05) is 42.1 Å². The number of aromatic nitrogens is 1. The van der Waals surface area contributed by atoms with Crippen LogP contribution in [-0.4, -0.2) is 69.9 Å². The van der Waals surface area contributed by atoms with Gasteiger partial charge in [-0.3, -0.25) is 9.89 Å². The van der Waals surface area contributed by atoms with E-state index in [-0.39, 0.29) is 11.5 Å². The molecule has 1 aromatic carbocycles. The smallest absolute Gasteiger partial charge is 0.414 e. The summed E-state index contributed by atoms with van der Waals surface area (Å²) in [5.74, 6) is 1.12. The molecule has 0 radical (unpaired) electrons. The van der Waals surface area contributed by atoms with E-state index in [0.29, 0.717) is 17.7 Å². The van der Waals surface area contributed by atoms with Crippen LogP contribution in [-0.2, 0) is 12.5 Å². The second-order valence-corrected chi connectivity index (χ2v) is 8.87. The van der Waals surface area contributed by atoms with Gasteiger partial charge in [-0.1, -0.05) is 6.92 Å². The van der Waals surface area contributed by atoms with Crippen LogP contribution in [0.25, 0.3) is 0 Å². The predicted octanol–water partition coefficient (Wildman–Crippen LogP) is 1.35. The van der Waals surface area contributed by atoms with Gasteiger partial charge in [0, 0.05) is 57.7 Å². The Morgan fingerprint density at radius 2 is 1.97 bits per heavy atom. The van der Waals surface area contributed by atoms with Crippen molar-refractivity contribution in [3.8, 4) is 11.5 Å². The number of amides is 1. The fourth-order valence-electron chi connectivity index (χ4n) is 4.58. The highest BCUT2D eigenvalue weighted by Gasteiger charge is 2.52. The molecule has 0 spiro atoms. The van der Waals surface area contributed by atoms with Crippen LogP contribution in [0.5, 0.6) is 11.5 Å². The molecule has 178 valence electrons. The van der Waals surface area contributed by atoms with E-state index in [9.17, 15) is 9.90 Å². The number of hydrogen-bond donors (Lipinski definition) is 0. The zero-order valence-electron chi connectivity index (χ0n) is 20.4. The van der Waals surface area contributed by atoms with E-state index in [1.165, 1.54) is 23.2 Å². The Morgan fingerprint density at radius 3 is 2.61 bits per heavy atom. The van der Waals surface area contributed by atoms with Gasteiger partial charge < -0.3 is 24.4 Å². The maximum atomic E-state index is 11.3. The number of hydrogen-bond acceptors (Lipinski definition) is 7. The van der Waals surface area contributed by atoms with E-state index in [0.717, 1.165) is 13.0 Å². The van der Waals surface area contributed by atoms with Gasteiger partial charge in [0.05, 0.1) is 6.17 Å². The van der Waals surface area contributed by atoms with Crippen LogP contribution in [0.1, 0.15) is 18.9 Å². The normalized spacial score (nSPS) is 21.6. The first kappa shape index (κ1) is 24.3. The fraction of sp³-hybridized carbons (Fsp3) is 0.458. The number of likely N-dealkylation sites (tertiary alicyclic amines) is 1. The molecule has 0 bridgehead atoms. The number of benzene rings is 1. The van der Waals surface area contributed by atoms with Gasteiger partial charge in [0.2, 0.25) is 6.20 Å². The number of rotatable bonds is 2. The summed E-state index contributed by atoms with van der Waals surface area (Å²) in [7, 11) is 10.9. The first-order valence-electron chi connectivity index (χ1n) is 10.8. The number of likely N-dealkylation sites (N-methyl/N-ethyl adjacent to an activating group) is 2. The SMILES string of the molecule is CN(C)C(=O)Oc1ccc[n+](C)c1.CN=C([O-])Oc1ccc2c(c1)[C@]1(C)CCN(C)[C@@H]1N2C. The molecule has 0 saturated carbocycles. The molecule has 1 fully saturated rings. The first-order valence-corrected chi connectivity index (χ1v) is 10.8. The van der Waals surface area contributed by atoms with Gasteiger partial charge in [0.25, 0.3) is 0 Å². The number of nitrogens with zero attached hydrogens (tertiary/aromatic N) is 5. The van der Waals surface area contributed by atoms with Crippen molar-refractivity contribution in [2.24, 2.45) is 12.0 Å². The number of aryl methyl sites for hydroxylation is 1. The molecule has 4 rings (SSSR count). The fourth-order valence-corrected chi connectivity index (χ4v) is 4.58. The van der Waals surface area contributed by atoms with Crippen molar-refractivity contribution in [3.63, 3.8) is 0 Å². The Labute approximate surface area is 195 Å². The minimum atomic E-state index is -0.554. The number of aliphatic imine (C=N–C) groups is 1. The highest BCUT2D eigenvalue weighted by molar-refractivity contribution is 5.70. The third kappa shape index (κ3) is 5.03. The third-order valence-corrected chi connectivity index (χ3v) is 6.17. The maximum Gasteiger partial charge on any atom is 0.414 e. The summed E-state index contributed by atoms with van der Waals surface area (Å²) >= 11 is 0. The average Bonchev–Trinajstić information content (AvgIpc) is 3.19. The van der Waals surface area contributed by atoms with Gasteiger partial charge in [0.1, 0.15) is 13.1 Å². The molecule has 1 aromatic heterocycles. The molecule has 3 heterocycles. The monoisotopic (exact) mass is 455 g/mol. The van der Waals surface area contributed by atoms with E-state index in [4.69, 9.17) is 9.47 Å². The Balaban J connectivity index is 0.000000205. The summed E-state index contributed by atoms with van der Waals surface area (Å²) in [6, 6.07) is 9.42. The Bertz CT molecular complexity index is 1040. The number of carbonyl (C=O) groups is 1. The molecule has 2 atom stereocenters. The Hall–Kier alpha value is -3.33. The maximum absolute atomic E-state index is 11.3. The lowest BCUT2D eigenvalue weighted by Gasteiger charge is -2.32. The number of carbonyl (C=O) groups excluding carboxylic acids is 1. The van der Waals surface area contributed by atoms with Gasteiger partial charge in [-0.2, -0.15) is 0 Å². The lowest BCUT2D eigenvalue weighted by Crippen LogP contribution is -2.45. The number of fused-ring (bicyclic) bond motifs is 3. The van der Waals surface area contributed by atoms with Crippen LogP contribution in [0.15, 0.2) is 47.7 Å². The van der Waals surface area contributed by atoms with Gasteiger partial charge in [-0.05, 0) is 43.3 Å². The van der Waals surface area contributed by atoms with Gasteiger partial charge >= 0.3 is 6.09 Å². The molecule has 0 N–H and O–H groups in total. The van der Waals surface area contributed by atoms with Crippen LogP contribution in [0.3, 0.4) is 0 Å². The van der Waals surface area contributed by atoms with Crippen molar-refractivity contribution < 1.29 is 23.9 Å². The zero-order chi connectivity index (χ0) is 24.3. The lowest BCUT2D eigenvalue weighted by molar-refractivity contribution is -0.671. The quantitative estimate of drug-likeness (QED) is 0.386. The average molecular weight is 456 g/mol. The van der Waals surface area contributed by atoms with Crippen molar-refractivity contribution >= 4 is 17.9 Å². The second-order valence-electron chi connectivity index (χ2n) is 8.87. The molecule has 33 heavy (non-hydrogen) atoms. The van der Waals surface area contributed by atoms with E-state index >= 15 is 0 Å². The highest BCUT2D eigenvalue weighted by atomic mass is 16.6. The van der Waals surface area contributed by atoms with Crippen LogP contribution in [0.2, 0.25) is 0 Å². The topological polar surface area (TPSA) is 84.5 Å².